The van der Waals surface area contributed by atoms with E-state index in [1.165, 1.54) is 0 Å². The van der Waals surface area contributed by atoms with Gasteiger partial charge in [-0.1, -0.05) is 78.9 Å². The topological polar surface area (TPSA) is 12.5 Å². The molecule has 3 aromatic rings. The Morgan fingerprint density at radius 1 is 0.708 bits per heavy atom. The van der Waals surface area contributed by atoms with E-state index in [2.05, 4.69) is 42.5 Å². The fourth-order valence-electron chi connectivity index (χ4n) is 2.52. The molecule has 3 aromatic carbocycles. The van der Waals surface area contributed by atoms with Gasteiger partial charge in [-0.25, -0.2) is 0 Å². The fourth-order valence-corrected chi connectivity index (χ4v) is 2.60. The minimum Gasteiger partial charge on any atom is -0.430 e. The van der Waals surface area contributed by atoms with Gasteiger partial charge in [0.2, 0.25) is 0 Å². The van der Waals surface area contributed by atoms with Crippen molar-refractivity contribution in [3.63, 3.8) is 0 Å². The van der Waals surface area contributed by atoms with Crippen molar-refractivity contribution >= 4 is 17.4 Å². The lowest BCUT2D eigenvalue weighted by molar-refractivity contribution is 0.451. The molecule has 0 amide bonds. The van der Waals surface area contributed by atoms with Crippen LogP contribution in [0.25, 0.3) is 22.3 Å². The van der Waals surface area contributed by atoms with E-state index in [4.69, 9.17) is 17.0 Å². The monoisotopic (exact) mass is 333 g/mol. The first-order chi connectivity index (χ1) is 11.7. The number of benzene rings is 3. The molecule has 0 saturated carbocycles. The lowest BCUT2D eigenvalue weighted by Gasteiger charge is -2.19. The quantitative estimate of drug-likeness (QED) is 0.608. The highest BCUT2D eigenvalue weighted by molar-refractivity contribution is 7.80. The van der Waals surface area contributed by atoms with Gasteiger partial charge in [-0.15, -0.1) is 0 Å². The number of hydrogen-bond acceptors (Lipinski definition) is 2. The number of hydrogen-bond donors (Lipinski definition) is 0. The maximum atomic E-state index is 6.10. The van der Waals surface area contributed by atoms with E-state index >= 15 is 0 Å². The zero-order valence-corrected chi connectivity index (χ0v) is 14.6. The van der Waals surface area contributed by atoms with Crippen molar-refractivity contribution in [2.24, 2.45) is 0 Å². The van der Waals surface area contributed by atoms with E-state index in [-0.39, 0.29) is 0 Å². The molecule has 3 rings (SSSR count). The Bertz CT molecular complexity index is 771. The molecule has 24 heavy (non-hydrogen) atoms. The molecular formula is C21H19NOS. The summed E-state index contributed by atoms with van der Waals surface area (Å²) < 4.78 is 6.10. The lowest BCUT2D eigenvalue weighted by Crippen LogP contribution is -2.25. The molecule has 0 aliphatic heterocycles. The standard InChI is InChI=1S/C21H19NOS/c1-22(2)21(24)23-20-18(16-10-5-3-6-11-16)14-9-15-19(20)17-12-7-4-8-13-17/h3-15H,1-2H3. The average Bonchev–Trinajstić information content (AvgIpc) is 2.63. The average molecular weight is 333 g/mol. The van der Waals surface area contributed by atoms with E-state index < -0.39 is 0 Å². The number of nitrogens with zero attached hydrogens (tertiary/aromatic N) is 1. The van der Waals surface area contributed by atoms with Gasteiger partial charge in [0.15, 0.2) is 0 Å². The predicted octanol–water partition coefficient (Wildman–Crippen LogP) is 5.25. The van der Waals surface area contributed by atoms with Crippen LogP contribution in [0.3, 0.4) is 0 Å². The second kappa shape index (κ2) is 7.28. The van der Waals surface area contributed by atoms with Crippen LogP contribution in [0.4, 0.5) is 0 Å². The first kappa shape index (κ1) is 16.2. The van der Waals surface area contributed by atoms with Crippen molar-refractivity contribution in [2.45, 2.75) is 0 Å². The molecule has 0 heterocycles. The van der Waals surface area contributed by atoms with Gasteiger partial charge in [-0.2, -0.15) is 0 Å². The third-order valence-electron chi connectivity index (χ3n) is 3.74. The van der Waals surface area contributed by atoms with Crippen LogP contribution in [0.1, 0.15) is 0 Å². The predicted molar refractivity (Wildman–Crippen MR) is 104 cm³/mol. The van der Waals surface area contributed by atoms with E-state index in [1.807, 2.05) is 50.5 Å². The highest BCUT2D eigenvalue weighted by Crippen LogP contribution is 2.39. The second-order valence-electron chi connectivity index (χ2n) is 5.68. The Hall–Kier alpha value is -2.65. The number of thiocarbonyl (C=S) groups is 1. The Labute approximate surface area is 148 Å². The molecule has 0 aliphatic rings. The third-order valence-corrected chi connectivity index (χ3v) is 4.19. The summed E-state index contributed by atoms with van der Waals surface area (Å²) in [4.78, 5) is 1.80. The second-order valence-corrected chi connectivity index (χ2v) is 6.03. The minimum absolute atomic E-state index is 0.440. The minimum atomic E-state index is 0.440. The van der Waals surface area contributed by atoms with Gasteiger partial charge in [0.05, 0.1) is 0 Å². The lowest BCUT2D eigenvalue weighted by atomic mass is 9.97. The van der Waals surface area contributed by atoms with E-state index in [0.29, 0.717) is 5.17 Å². The molecule has 0 radical (unpaired) electrons. The van der Waals surface area contributed by atoms with Crippen molar-refractivity contribution in [3.05, 3.63) is 78.9 Å². The fraction of sp³-hybridized carbons (Fsp3) is 0.0952. The number of rotatable bonds is 3. The molecule has 120 valence electrons. The van der Waals surface area contributed by atoms with E-state index in [9.17, 15) is 0 Å². The summed E-state index contributed by atoms with van der Waals surface area (Å²) >= 11 is 5.38. The normalized spacial score (nSPS) is 10.2. The van der Waals surface area contributed by atoms with Gasteiger partial charge >= 0.3 is 0 Å². The first-order valence-corrected chi connectivity index (χ1v) is 8.20. The molecule has 0 fully saturated rings. The molecule has 0 unspecified atom stereocenters. The van der Waals surface area contributed by atoms with E-state index in [1.54, 1.807) is 4.90 Å². The largest absolute Gasteiger partial charge is 0.430 e. The molecule has 0 bridgehead atoms. The molecule has 0 saturated heterocycles. The van der Waals surface area contributed by atoms with Crippen LogP contribution in [-0.4, -0.2) is 24.2 Å². The van der Waals surface area contributed by atoms with Crippen molar-refractivity contribution in [3.8, 4) is 28.0 Å². The van der Waals surface area contributed by atoms with Crippen LogP contribution in [0.15, 0.2) is 78.9 Å². The molecule has 2 nitrogen and oxygen atoms in total. The smallest absolute Gasteiger partial charge is 0.264 e. The summed E-state index contributed by atoms with van der Waals surface area (Å²) in [6, 6.07) is 26.6. The van der Waals surface area contributed by atoms with Crippen molar-refractivity contribution < 1.29 is 4.74 Å². The zero-order chi connectivity index (χ0) is 16.9. The highest BCUT2D eigenvalue weighted by atomic mass is 32.1. The van der Waals surface area contributed by atoms with Gasteiger partial charge in [0.25, 0.3) is 5.17 Å². The summed E-state index contributed by atoms with van der Waals surface area (Å²) in [6.07, 6.45) is 0. The Morgan fingerprint density at radius 2 is 1.17 bits per heavy atom. The van der Waals surface area contributed by atoms with E-state index in [0.717, 1.165) is 28.0 Å². The SMILES string of the molecule is CN(C)C(=S)Oc1c(-c2ccccc2)cccc1-c1ccccc1. The van der Waals surface area contributed by atoms with Gasteiger partial charge < -0.3 is 9.64 Å². The molecule has 0 atom stereocenters. The molecular weight excluding hydrogens is 314 g/mol. The maximum Gasteiger partial charge on any atom is 0.264 e. The Balaban J connectivity index is 2.17. The molecule has 0 aliphatic carbocycles. The summed E-state index contributed by atoms with van der Waals surface area (Å²) in [5, 5.41) is 0.440. The Morgan fingerprint density at radius 3 is 1.58 bits per heavy atom. The molecule has 0 spiro atoms. The number of para-hydroxylation sites is 1. The summed E-state index contributed by atoms with van der Waals surface area (Å²) in [5.74, 6) is 0.786. The summed E-state index contributed by atoms with van der Waals surface area (Å²) in [5.41, 5.74) is 4.26. The van der Waals surface area contributed by atoms with Crippen LogP contribution < -0.4 is 4.74 Å². The van der Waals surface area contributed by atoms with Crippen LogP contribution in [0, 0.1) is 0 Å². The van der Waals surface area contributed by atoms with Gasteiger partial charge in [0.1, 0.15) is 5.75 Å². The van der Waals surface area contributed by atoms with Crippen LogP contribution in [0.2, 0.25) is 0 Å². The van der Waals surface area contributed by atoms with Crippen molar-refractivity contribution in [1.82, 2.24) is 4.90 Å². The van der Waals surface area contributed by atoms with Crippen molar-refractivity contribution in [1.29, 1.82) is 0 Å². The van der Waals surface area contributed by atoms with Crippen LogP contribution in [-0.2, 0) is 0 Å². The molecule has 0 aromatic heterocycles. The molecule has 0 N–H and O–H groups in total. The number of ether oxygens (including phenoxy) is 1. The van der Waals surface area contributed by atoms with Gasteiger partial charge in [-0.05, 0) is 23.3 Å². The highest BCUT2D eigenvalue weighted by Gasteiger charge is 2.15. The van der Waals surface area contributed by atoms with Crippen molar-refractivity contribution in [2.75, 3.05) is 14.1 Å². The zero-order valence-electron chi connectivity index (χ0n) is 13.8. The summed E-state index contributed by atoms with van der Waals surface area (Å²) in [6.45, 7) is 0. The van der Waals surface area contributed by atoms with Crippen LogP contribution in [0.5, 0.6) is 5.75 Å². The third kappa shape index (κ3) is 3.47. The Kier molecular flexibility index (Phi) is 4.92. The summed E-state index contributed by atoms with van der Waals surface area (Å²) in [7, 11) is 3.77. The van der Waals surface area contributed by atoms with Gasteiger partial charge in [0, 0.05) is 25.2 Å². The maximum absolute atomic E-state index is 6.10. The van der Waals surface area contributed by atoms with Crippen LogP contribution >= 0.6 is 12.2 Å². The first-order valence-electron chi connectivity index (χ1n) is 7.80. The molecule has 3 heteroatoms. The van der Waals surface area contributed by atoms with Gasteiger partial charge in [-0.3, -0.25) is 0 Å².